The van der Waals surface area contributed by atoms with Crippen LogP contribution in [0.3, 0.4) is 0 Å². The van der Waals surface area contributed by atoms with Crippen LogP contribution in [-0.2, 0) is 9.59 Å². The number of hydrogen-bond donors (Lipinski definition) is 2. The number of isocyanates is 2. The summed E-state index contributed by atoms with van der Waals surface area (Å²) in [7, 11) is 3.14. The molecule has 0 radical (unpaired) electrons. The summed E-state index contributed by atoms with van der Waals surface area (Å²) in [6.45, 7) is 6.86. The van der Waals surface area contributed by atoms with Crippen molar-refractivity contribution >= 4 is 18.2 Å². The zero-order valence-electron chi connectivity index (χ0n) is 14.0. The molecule has 2 atom stereocenters. The largest absolute Gasteiger partial charge is 0.341 e. The Bertz CT molecular complexity index is 459. The van der Waals surface area contributed by atoms with Crippen molar-refractivity contribution in [2.24, 2.45) is 20.8 Å². The maximum atomic E-state index is 10.3. The molecule has 1 saturated carbocycles. The van der Waals surface area contributed by atoms with Crippen LogP contribution in [0.2, 0.25) is 0 Å². The Balaban J connectivity index is 0.000000626. The fourth-order valence-electron chi connectivity index (χ4n) is 3.21. The van der Waals surface area contributed by atoms with E-state index in [4.69, 9.17) is 0 Å². The molecule has 1 aliphatic rings. The second-order valence-corrected chi connectivity index (χ2v) is 6.67. The van der Waals surface area contributed by atoms with Gasteiger partial charge in [0.1, 0.15) is 0 Å². The SMILES string of the molecule is CC1(C)CC(N=C=O)CC(C)(CN=C=O)C1.CNC(=O)NC. The highest BCUT2D eigenvalue weighted by atomic mass is 16.2. The Hall–Kier alpha value is -1.97. The molecule has 0 bridgehead atoms. The van der Waals surface area contributed by atoms with Crippen molar-refractivity contribution < 1.29 is 14.4 Å². The van der Waals surface area contributed by atoms with Crippen LogP contribution in [0.5, 0.6) is 0 Å². The standard InChI is InChI=1S/C12H18N2O2.C3H8N2O/c1-11(2)4-10(14-9-16)5-12(3,6-11)7-13-8-15;1-4-3(6)5-2/h10H,4-7H2,1-3H3;1-2H3,(H2,4,5,6). The van der Waals surface area contributed by atoms with Gasteiger partial charge in [0.25, 0.3) is 0 Å². The fraction of sp³-hybridized carbons (Fsp3) is 0.800. The summed E-state index contributed by atoms with van der Waals surface area (Å²) in [4.78, 5) is 38.0. The van der Waals surface area contributed by atoms with Gasteiger partial charge in [-0.2, -0.15) is 0 Å². The van der Waals surface area contributed by atoms with E-state index in [0.29, 0.717) is 6.54 Å². The van der Waals surface area contributed by atoms with Gasteiger partial charge in [-0.25, -0.2) is 24.4 Å². The number of amides is 2. The van der Waals surface area contributed by atoms with Crippen LogP contribution in [0.4, 0.5) is 4.79 Å². The zero-order chi connectivity index (χ0) is 17.2. The van der Waals surface area contributed by atoms with Gasteiger partial charge in [0.2, 0.25) is 12.2 Å². The van der Waals surface area contributed by atoms with Gasteiger partial charge in [-0.1, -0.05) is 20.8 Å². The van der Waals surface area contributed by atoms with Crippen LogP contribution in [0.1, 0.15) is 40.0 Å². The lowest BCUT2D eigenvalue weighted by Gasteiger charge is -2.44. The summed E-state index contributed by atoms with van der Waals surface area (Å²) in [6, 6.07) is -0.150. The summed E-state index contributed by atoms with van der Waals surface area (Å²) in [5, 5.41) is 4.73. The van der Waals surface area contributed by atoms with E-state index in [1.54, 1.807) is 26.3 Å². The third-order valence-electron chi connectivity index (χ3n) is 3.64. The Morgan fingerprint density at radius 3 is 2.14 bits per heavy atom. The first kappa shape index (κ1) is 20.0. The van der Waals surface area contributed by atoms with Crippen molar-refractivity contribution in [3.8, 4) is 0 Å². The second-order valence-electron chi connectivity index (χ2n) is 6.67. The third-order valence-corrected chi connectivity index (χ3v) is 3.64. The molecule has 1 aliphatic carbocycles. The lowest BCUT2D eigenvalue weighted by atomic mass is 9.63. The quantitative estimate of drug-likeness (QED) is 0.614. The summed E-state index contributed by atoms with van der Waals surface area (Å²) in [5.74, 6) is 0. The van der Waals surface area contributed by atoms with Crippen molar-refractivity contribution in [1.29, 1.82) is 0 Å². The monoisotopic (exact) mass is 310 g/mol. The van der Waals surface area contributed by atoms with Crippen LogP contribution >= 0.6 is 0 Å². The van der Waals surface area contributed by atoms with Crippen molar-refractivity contribution in [3.05, 3.63) is 0 Å². The number of aliphatic imine (C=N–C) groups is 2. The van der Waals surface area contributed by atoms with Gasteiger partial charge in [-0.15, -0.1) is 0 Å². The molecule has 0 spiro atoms. The molecule has 1 rings (SSSR count). The van der Waals surface area contributed by atoms with Gasteiger partial charge in [0.05, 0.1) is 12.6 Å². The molecule has 0 aromatic heterocycles. The predicted molar refractivity (Wildman–Crippen MR) is 84.2 cm³/mol. The molecule has 7 nitrogen and oxygen atoms in total. The molecule has 0 aromatic carbocycles. The van der Waals surface area contributed by atoms with Crippen molar-refractivity contribution in [2.45, 2.75) is 46.1 Å². The fourth-order valence-corrected chi connectivity index (χ4v) is 3.21. The molecule has 124 valence electrons. The van der Waals surface area contributed by atoms with Gasteiger partial charge in [0.15, 0.2) is 0 Å². The number of nitrogens with one attached hydrogen (secondary N) is 2. The number of urea groups is 1. The van der Waals surface area contributed by atoms with Crippen LogP contribution in [-0.4, -0.2) is 44.9 Å². The summed E-state index contributed by atoms with van der Waals surface area (Å²) in [5.41, 5.74) is 0.0561. The Kier molecular flexibility index (Phi) is 8.31. The van der Waals surface area contributed by atoms with Crippen molar-refractivity contribution in [1.82, 2.24) is 10.6 Å². The molecule has 0 aliphatic heterocycles. The number of hydrogen-bond acceptors (Lipinski definition) is 5. The summed E-state index contributed by atoms with van der Waals surface area (Å²) >= 11 is 0. The topological polar surface area (TPSA) is 100.0 Å². The maximum Gasteiger partial charge on any atom is 0.314 e. The molecule has 2 N–H and O–H groups in total. The van der Waals surface area contributed by atoms with Crippen LogP contribution < -0.4 is 10.6 Å². The van der Waals surface area contributed by atoms with Gasteiger partial charge in [-0.3, -0.25) is 0 Å². The van der Waals surface area contributed by atoms with Gasteiger partial charge >= 0.3 is 6.03 Å². The maximum absolute atomic E-state index is 10.3. The molecular formula is C15H26N4O3. The first-order valence-electron chi connectivity index (χ1n) is 7.22. The normalized spacial score (nSPS) is 25.4. The van der Waals surface area contributed by atoms with Crippen LogP contribution in [0.15, 0.2) is 9.98 Å². The van der Waals surface area contributed by atoms with E-state index in [1.165, 1.54) is 0 Å². The minimum absolute atomic E-state index is 0.00750. The molecule has 2 amide bonds. The highest BCUT2D eigenvalue weighted by Gasteiger charge is 2.41. The van der Waals surface area contributed by atoms with Crippen molar-refractivity contribution in [3.63, 3.8) is 0 Å². The summed E-state index contributed by atoms with van der Waals surface area (Å²) < 4.78 is 0. The number of rotatable bonds is 3. The Morgan fingerprint density at radius 1 is 1.14 bits per heavy atom. The highest BCUT2D eigenvalue weighted by molar-refractivity contribution is 5.72. The molecule has 0 aromatic rings. The Morgan fingerprint density at radius 2 is 1.73 bits per heavy atom. The second kappa shape index (κ2) is 9.13. The highest BCUT2D eigenvalue weighted by Crippen LogP contribution is 2.47. The molecule has 7 heteroatoms. The zero-order valence-corrected chi connectivity index (χ0v) is 14.0. The average molecular weight is 310 g/mol. The smallest absolute Gasteiger partial charge is 0.314 e. The van der Waals surface area contributed by atoms with E-state index in [-0.39, 0.29) is 22.9 Å². The molecule has 22 heavy (non-hydrogen) atoms. The minimum atomic E-state index is -0.157. The Labute approximate surface area is 131 Å². The number of carbonyl (C=O) groups excluding carboxylic acids is 3. The van der Waals surface area contributed by atoms with Crippen LogP contribution in [0, 0.1) is 10.8 Å². The summed E-state index contributed by atoms with van der Waals surface area (Å²) in [6.07, 6.45) is 5.88. The van der Waals surface area contributed by atoms with Gasteiger partial charge < -0.3 is 10.6 Å². The van der Waals surface area contributed by atoms with Crippen LogP contribution in [0.25, 0.3) is 0 Å². The van der Waals surface area contributed by atoms with E-state index >= 15 is 0 Å². The number of nitrogens with zero attached hydrogens (tertiary/aromatic N) is 2. The lowest BCUT2D eigenvalue weighted by Crippen LogP contribution is -2.39. The third kappa shape index (κ3) is 7.72. The van der Waals surface area contributed by atoms with E-state index in [2.05, 4.69) is 41.4 Å². The van der Waals surface area contributed by atoms with E-state index in [0.717, 1.165) is 19.3 Å². The minimum Gasteiger partial charge on any atom is -0.341 e. The van der Waals surface area contributed by atoms with E-state index in [1.807, 2.05) is 0 Å². The molecule has 2 unspecified atom stereocenters. The molecule has 0 heterocycles. The first-order chi connectivity index (χ1) is 10.2. The van der Waals surface area contributed by atoms with Crippen molar-refractivity contribution in [2.75, 3.05) is 20.6 Å². The average Bonchev–Trinajstić information content (AvgIpc) is 2.43. The lowest BCUT2D eigenvalue weighted by molar-refractivity contribution is 0.0915. The predicted octanol–water partition coefficient (Wildman–Crippen LogP) is 1.79. The molecular weight excluding hydrogens is 284 g/mol. The van der Waals surface area contributed by atoms with Gasteiger partial charge in [-0.05, 0) is 30.1 Å². The first-order valence-corrected chi connectivity index (χ1v) is 7.22. The van der Waals surface area contributed by atoms with E-state index in [9.17, 15) is 14.4 Å². The van der Waals surface area contributed by atoms with E-state index < -0.39 is 0 Å². The van der Waals surface area contributed by atoms with Gasteiger partial charge in [0, 0.05) is 14.1 Å². The number of carbonyl (C=O) groups is 1. The molecule has 0 saturated heterocycles. The molecule has 1 fully saturated rings.